The first-order chi connectivity index (χ1) is 9.08. The van der Waals surface area contributed by atoms with Gasteiger partial charge in [-0.1, -0.05) is 0 Å². The molecule has 0 aliphatic carbocycles. The molecule has 0 bridgehead atoms. The fourth-order valence-electron chi connectivity index (χ4n) is 2.08. The summed E-state index contributed by atoms with van der Waals surface area (Å²) in [5.74, 6) is -0.688. The molecule has 1 aliphatic rings. The normalized spacial score (nSPS) is 18.2. The molecule has 19 heavy (non-hydrogen) atoms. The van der Waals surface area contributed by atoms with Crippen LogP contribution >= 0.6 is 0 Å². The number of carbonyl (C=O) groups is 1. The highest BCUT2D eigenvalue weighted by molar-refractivity contribution is 5.88. The minimum Gasteiger partial charge on any atom is -0.370 e. The molecule has 102 valence electrons. The van der Waals surface area contributed by atoms with Gasteiger partial charge in [0.2, 0.25) is 0 Å². The molecular formula is C12H16FN5O. The van der Waals surface area contributed by atoms with Crippen LogP contribution in [0.1, 0.15) is 12.8 Å². The molecule has 1 fully saturated rings. The summed E-state index contributed by atoms with van der Waals surface area (Å²) in [5.41, 5.74) is 11.2. The molecule has 0 aromatic heterocycles. The van der Waals surface area contributed by atoms with Crippen molar-refractivity contribution in [2.45, 2.75) is 18.9 Å². The Hall–Kier alpha value is -2.31. The Bertz CT molecular complexity index is 476. The van der Waals surface area contributed by atoms with Gasteiger partial charge < -0.3 is 10.6 Å². The Labute approximate surface area is 110 Å². The molecular weight excluding hydrogens is 249 g/mol. The zero-order valence-corrected chi connectivity index (χ0v) is 10.3. The summed E-state index contributed by atoms with van der Waals surface area (Å²) in [5, 5.41) is 7.40. The van der Waals surface area contributed by atoms with Gasteiger partial charge in [0.25, 0.3) is 5.91 Å². The van der Waals surface area contributed by atoms with Crippen molar-refractivity contribution in [2.75, 3.05) is 12.0 Å². The monoisotopic (exact) mass is 265 g/mol. The van der Waals surface area contributed by atoms with Gasteiger partial charge in [-0.15, -0.1) is 0 Å². The quantitative estimate of drug-likeness (QED) is 0.366. The standard InChI is InChI=1S/C12H16FN5O/c13-8-3-5-9(6-4-8)16-17-11(19)10-2-1-7-18(10)12(14)15/h3-6,10,16H,1-2,7H2,(H3,14,15)(H,17,19). The topological polar surface area (TPSA) is 94.2 Å². The molecule has 6 nitrogen and oxygen atoms in total. The molecule has 1 aromatic carbocycles. The van der Waals surface area contributed by atoms with Crippen molar-refractivity contribution in [3.8, 4) is 0 Å². The highest BCUT2D eigenvalue weighted by Crippen LogP contribution is 2.16. The number of amides is 1. The lowest BCUT2D eigenvalue weighted by Gasteiger charge is -2.23. The molecule has 0 spiro atoms. The molecule has 2 rings (SSSR count). The van der Waals surface area contributed by atoms with Crippen molar-refractivity contribution in [1.29, 1.82) is 5.41 Å². The number of hydrogen-bond acceptors (Lipinski definition) is 3. The van der Waals surface area contributed by atoms with Gasteiger partial charge in [0.05, 0.1) is 5.69 Å². The van der Waals surface area contributed by atoms with Gasteiger partial charge in [-0.3, -0.25) is 21.1 Å². The number of carbonyl (C=O) groups excluding carboxylic acids is 1. The maximum Gasteiger partial charge on any atom is 0.261 e. The number of guanidine groups is 1. The highest BCUT2D eigenvalue weighted by Gasteiger charge is 2.31. The molecule has 1 amide bonds. The van der Waals surface area contributed by atoms with Crippen LogP contribution in [0.3, 0.4) is 0 Å². The maximum atomic E-state index is 12.7. The van der Waals surface area contributed by atoms with Crippen LogP contribution in [0.5, 0.6) is 0 Å². The fraction of sp³-hybridized carbons (Fsp3) is 0.333. The van der Waals surface area contributed by atoms with E-state index in [1.54, 1.807) is 4.90 Å². The summed E-state index contributed by atoms with van der Waals surface area (Å²) in [7, 11) is 0. The van der Waals surface area contributed by atoms with E-state index in [1.807, 2.05) is 0 Å². The molecule has 1 atom stereocenters. The lowest BCUT2D eigenvalue weighted by molar-refractivity contribution is -0.123. The number of hydrazine groups is 1. The van der Waals surface area contributed by atoms with Crippen LogP contribution in [0.15, 0.2) is 24.3 Å². The average molecular weight is 265 g/mol. The largest absolute Gasteiger partial charge is 0.370 e. The fourth-order valence-corrected chi connectivity index (χ4v) is 2.08. The summed E-state index contributed by atoms with van der Waals surface area (Å²) < 4.78 is 12.7. The third-order valence-electron chi connectivity index (χ3n) is 3.04. The smallest absolute Gasteiger partial charge is 0.261 e. The second kappa shape index (κ2) is 5.55. The van der Waals surface area contributed by atoms with Crippen LogP contribution in [-0.2, 0) is 4.79 Å². The Balaban J connectivity index is 1.90. The highest BCUT2D eigenvalue weighted by atomic mass is 19.1. The van der Waals surface area contributed by atoms with Gasteiger partial charge in [0, 0.05) is 6.54 Å². The van der Waals surface area contributed by atoms with E-state index in [-0.39, 0.29) is 17.7 Å². The summed E-state index contributed by atoms with van der Waals surface area (Å²) >= 11 is 0. The van der Waals surface area contributed by atoms with Gasteiger partial charge >= 0.3 is 0 Å². The van der Waals surface area contributed by atoms with E-state index in [9.17, 15) is 9.18 Å². The first-order valence-electron chi connectivity index (χ1n) is 6.00. The minimum atomic E-state index is -0.426. The van der Waals surface area contributed by atoms with Crippen LogP contribution in [0.25, 0.3) is 0 Å². The van der Waals surface area contributed by atoms with Crippen LogP contribution in [0.4, 0.5) is 10.1 Å². The Kier molecular flexibility index (Phi) is 3.84. The molecule has 7 heteroatoms. The Morgan fingerprint density at radius 1 is 1.42 bits per heavy atom. The van der Waals surface area contributed by atoms with Crippen LogP contribution in [-0.4, -0.2) is 29.4 Å². The number of nitrogens with two attached hydrogens (primary N) is 1. The molecule has 1 aliphatic heterocycles. The van der Waals surface area contributed by atoms with E-state index in [2.05, 4.69) is 10.9 Å². The van der Waals surface area contributed by atoms with Gasteiger partial charge in [-0.25, -0.2) is 4.39 Å². The number of rotatable bonds is 3. The summed E-state index contributed by atoms with van der Waals surface area (Å²) in [4.78, 5) is 13.5. The minimum absolute atomic E-state index is 0.0977. The van der Waals surface area contributed by atoms with Crippen molar-refractivity contribution >= 4 is 17.6 Å². The molecule has 1 unspecified atom stereocenters. The molecule has 0 saturated carbocycles. The number of likely N-dealkylation sites (tertiary alicyclic amines) is 1. The predicted octanol–water partition coefficient (Wildman–Crippen LogP) is 0.627. The zero-order valence-electron chi connectivity index (χ0n) is 10.3. The van der Waals surface area contributed by atoms with Crippen molar-refractivity contribution < 1.29 is 9.18 Å². The van der Waals surface area contributed by atoms with Gasteiger partial charge in [-0.2, -0.15) is 0 Å². The van der Waals surface area contributed by atoms with E-state index in [1.165, 1.54) is 24.3 Å². The van der Waals surface area contributed by atoms with E-state index >= 15 is 0 Å². The van der Waals surface area contributed by atoms with Crippen molar-refractivity contribution in [3.63, 3.8) is 0 Å². The van der Waals surface area contributed by atoms with E-state index in [0.29, 0.717) is 18.7 Å². The molecule has 5 N–H and O–H groups in total. The third-order valence-corrected chi connectivity index (χ3v) is 3.04. The number of anilines is 1. The van der Waals surface area contributed by atoms with Gasteiger partial charge in [0.1, 0.15) is 11.9 Å². The number of halogens is 1. The van der Waals surface area contributed by atoms with Crippen LogP contribution < -0.4 is 16.6 Å². The lowest BCUT2D eigenvalue weighted by Crippen LogP contribution is -2.49. The Morgan fingerprint density at radius 3 is 2.74 bits per heavy atom. The third kappa shape index (κ3) is 3.12. The maximum absolute atomic E-state index is 12.7. The van der Waals surface area contributed by atoms with Crippen LogP contribution in [0, 0.1) is 11.2 Å². The van der Waals surface area contributed by atoms with E-state index in [4.69, 9.17) is 11.1 Å². The zero-order chi connectivity index (χ0) is 13.8. The first-order valence-corrected chi connectivity index (χ1v) is 6.00. The number of hydrogen-bond donors (Lipinski definition) is 4. The van der Waals surface area contributed by atoms with Crippen molar-refractivity contribution in [3.05, 3.63) is 30.1 Å². The van der Waals surface area contributed by atoms with E-state index < -0.39 is 6.04 Å². The van der Waals surface area contributed by atoms with Crippen molar-refractivity contribution in [1.82, 2.24) is 10.3 Å². The molecule has 0 radical (unpaired) electrons. The van der Waals surface area contributed by atoms with E-state index in [0.717, 1.165) is 6.42 Å². The lowest BCUT2D eigenvalue weighted by atomic mass is 10.2. The van der Waals surface area contributed by atoms with Gasteiger partial charge in [-0.05, 0) is 37.1 Å². The SMILES string of the molecule is N=C(N)N1CCCC1C(=O)NNc1ccc(F)cc1. The van der Waals surface area contributed by atoms with Crippen molar-refractivity contribution in [2.24, 2.45) is 5.73 Å². The Morgan fingerprint density at radius 2 is 2.11 bits per heavy atom. The summed E-state index contributed by atoms with van der Waals surface area (Å²) in [6.07, 6.45) is 1.49. The first kappa shape index (κ1) is 13.1. The average Bonchev–Trinajstić information content (AvgIpc) is 2.87. The van der Waals surface area contributed by atoms with Gasteiger partial charge in [0.15, 0.2) is 5.96 Å². The summed E-state index contributed by atoms with van der Waals surface area (Å²) in [6.45, 7) is 0.615. The van der Waals surface area contributed by atoms with Crippen LogP contribution in [0.2, 0.25) is 0 Å². The number of nitrogens with one attached hydrogen (secondary N) is 3. The molecule has 1 heterocycles. The predicted molar refractivity (Wildman–Crippen MR) is 69.8 cm³/mol. The summed E-state index contributed by atoms with van der Waals surface area (Å²) in [6, 6.07) is 5.21. The second-order valence-electron chi connectivity index (χ2n) is 4.36. The molecule has 1 saturated heterocycles. The number of nitrogens with zero attached hydrogens (tertiary/aromatic N) is 1. The second-order valence-corrected chi connectivity index (χ2v) is 4.36. The molecule has 1 aromatic rings. The number of benzene rings is 1.